The normalized spacial score (nSPS) is 38.5. The molecule has 2 rings (SSSR count). The van der Waals surface area contributed by atoms with Crippen molar-refractivity contribution in [1.29, 1.82) is 0 Å². The van der Waals surface area contributed by atoms with Crippen molar-refractivity contribution in [3.8, 4) is 0 Å². The number of nitrogens with one attached hydrogen (secondary N) is 1. The van der Waals surface area contributed by atoms with E-state index in [1.807, 2.05) is 0 Å². The van der Waals surface area contributed by atoms with Gasteiger partial charge in [-0.1, -0.05) is 19.8 Å². The number of hydrogen-bond acceptors (Lipinski definition) is 2. The van der Waals surface area contributed by atoms with Crippen LogP contribution in [0.4, 0.5) is 0 Å². The highest BCUT2D eigenvalue weighted by Crippen LogP contribution is 2.32. The average molecular weight is 239 g/mol. The Balaban J connectivity index is 1.69. The van der Waals surface area contributed by atoms with Crippen LogP contribution >= 0.6 is 0 Å². The minimum Gasteiger partial charge on any atom is -0.375 e. The second-order valence-electron chi connectivity index (χ2n) is 6.07. The van der Waals surface area contributed by atoms with E-state index in [1.165, 1.54) is 57.9 Å². The fraction of sp³-hybridized carbons (Fsp3) is 1.00. The van der Waals surface area contributed by atoms with Crippen LogP contribution in [0.15, 0.2) is 0 Å². The van der Waals surface area contributed by atoms with Crippen molar-refractivity contribution in [3.05, 3.63) is 0 Å². The van der Waals surface area contributed by atoms with Crippen molar-refractivity contribution >= 4 is 0 Å². The van der Waals surface area contributed by atoms with Crippen LogP contribution in [-0.2, 0) is 4.74 Å². The van der Waals surface area contributed by atoms with Gasteiger partial charge in [-0.3, -0.25) is 0 Å². The highest BCUT2D eigenvalue weighted by molar-refractivity contribution is 4.81. The van der Waals surface area contributed by atoms with E-state index in [0.717, 1.165) is 12.0 Å². The predicted molar refractivity (Wildman–Crippen MR) is 72.2 cm³/mol. The first-order chi connectivity index (χ1) is 8.28. The second-order valence-corrected chi connectivity index (χ2v) is 6.07. The van der Waals surface area contributed by atoms with Crippen molar-refractivity contribution in [2.24, 2.45) is 5.92 Å². The molecule has 2 heteroatoms. The smallest absolute Gasteiger partial charge is 0.0582 e. The third-order valence-corrected chi connectivity index (χ3v) is 4.38. The maximum Gasteiger partial charge on any atom is 0.0582 e. The van der Waals surface area contributed by atoms with Crippen LogP contribution in [-0.4, -0.2) is 24.8 Å². The van der Waals surface area contributed by atoms with E-state index in [9.17, 15) is 0 Å². The Morgan fingerprint density at radius 3 is 2.76 bits per heavy atom. The van der Waals surface area contributed by atoms with Crippen LogP contribution in [0.5, 0.6) is 0 Å². The first-order valence-corrected chi connectivity index (χ1v) is 7.66. The molecule has 1 saturated carbocycles. The van der Waals surface area contributed by atoms with E-state index in [2.05, 4.69) is 19.2 Å². The third-order valence-electron chi connectivity index (χ3n) is 4.38. The van der Waals surface area contributed by atoms with Gasteiger partial charge in [-0.15, -0.1) is 0 Å². The van der Waals surface area contributed by atoms with Crippen LogP contribution in [0.3, 0.4) is 0 Å². The van der Waals surface area contributed by atoms with Gasteiger partial charge in [0.2, 0.25) is 0 Å². The van der Waals surface area contributed by atoms with Crippen LogP contribution in [0, 0.1) is 5.92 Å². The Morgan fingerprint density at radius 2 is 2.06 bits per heavy atom. The standard InChI is InChI=1S/C15H29NO/c1-3-9-16-14-6-4-5-13(10-14)11-15-8-7-12(2)17-15/h12-16H,3-11H2,1-2H3. The molecule has 2 fully saturated rings. The van der Waals surface area contributed by atoms with E-state index >= 15 is 0 Å². The lowest BCUT2D eigenvalue weighted by molar-refractivity contribution is 0.0354. The van der Waals surface area contributed by atoms with Gasteiger partial charge >= 0.3 is 0 Å². The number of ether oxygens (including phenoxy) is 1. The quantitative estimate of drug-likeness (QED) is 0.793. The maximum atomic E-state index is 5.96. The summed E-state index contributed by atoms with van der Waals surface area (Å²) in [6.07, 6.45) is 11.8. The molecule has 0 aromatic carbocycles. The fourth-order valence-electron chi connectivity index (χ4n) is 3.47. The molecule has 1 N–H and O–H groups in total. The summed E-state index contributed by atoms with van der Waals surface area (Å²) in [7, 11) is 0. The molecule has 17 heavy (non-hydrogen) atoms. The van der Waals surface area contributed by atoms with E-state index < -0.39 is 0 Å². The molecule has 2 aliphatic rings. The van der Waals surface area contributed by atoms with Crippen LogP contribution in [0.1, 0.15) is 65.2 Å². The van der Waals surface area contributed by atoms with Crippen molar-refractivity contribution < 1.29 is 4.74 Å². The molecule has 2 nitrogen and oxygen atoms in total. The summed E-state index contributed by atoms with van der Waals surface area (Å²) in [6, 6.07) is 0.785. The molecule has 4 unspecified atom stereocenters. The monoisotopic (exact) mass is 239 g/mol. The Morgan fingerprint density at radius 1 is 1.18 bits per heavy atom. The van der Waals surface area contributed by atoms with Crippen LogP contribution < -0.4 is 5.32 Å². The van der Waals surface area contributed by atoms with Gasteiger partial charge in [0.05, 0.1) is 12.2 Å². The molecule has 0 spiro atoms. The van der Waals surface area contributed by atoms with Crippen molar-refractivity contribution in [2.45, 2.75) is 83.5 Å². The molecule has 0 amide bonds. The molecule has 1 aliphatic carbocycles. The Hall–Kier alpha value is -0.0800. The fourth-order valence-corrected chi connectivity index (χ4v) is 3.47. The van der Waals surface area contributed by atoms with Gasteiger partial charge in [-0.2, -0.15) is 0 Å². The Bertz CT molecular complexity index is 219. The lowest BCUT2D eigenvalue weighted by Crippen LogP contribution is -2.35. The molecule has 0 aromatic rings. The Labute approximate surface area is 107 Å². The van der Waals surface area contributed by atoms with Gasteiger partial charge in [0.15, 0.2) is 0 Å². The molecule has 0 radical (unpaired) electrons. The molecule has 1 aliphatic heterocycles. The second kappa shape index (κ2) is 6.75. The average Bonchev–Trinajstić information content (AvgIpc) is 2.73. The molecule has 100 valence electrons. The lowest BCUT2D eigenvalue weighted by atomic mass is 9.82. The van der Waals surface area contributed by atoms with Crippen LogP contribution in [0.2, 0.25) is 0 Å². The first-order valence-electron chi connectivity index (χ1n) is 7.66. The zero-order valence-electron chi connectivity index (χ0n) is 11.6. The summed E-state index contributed by atoms with van der Waals surface area (Å²) in [6.45, 7) is 5.65. The summed E-state index contributed by atoms with van der Waals surface area (Å²) in [5.74, 6) is 0.911. The van der Waals surface area contributed by atoms with E-state index in [1.54, 1.807) is 0 Å². The molecular formula is C15H29NO. The highest BCUT2D eigenvalue weighted by atomic mass is 16.5. The molecule has 0 bridgehead atoms. The Kier molecular flexibility index (Phi) is 5.30. The zero-order chi connectivity index (χ0) is 12.1. The van der Waals surface area contributed by atoms with Gasteiger partial charge in [-0.05, 0) is 57.9 Å². The van der Waals surface area contributed by atoms with Crippen molar-refractivity contribution in [3.63, 3.8) is 0 Å². The molecule has 0 aromatic heterocycles. The van der Waals surface area contributed by atoms with Crippen molar-refractivity contribution in [2.75, 3.05) is 6.54 Å². The van der Waals surface area contributed by atoms with Gasteiger partial charge in [0.25, 0.3) is 0 Å². The lowest BCUT2D eigenvalue weighted by Gasteiger charge is -2.31. The van der Waals surface area contributed by atoms with Gasteiger partial charge < -0.3 is 10.1 Å². The SMILES string of the molecule is CCCNC1CCCC(CC2CCC(C)O2)C1. The summed E-state index contributed by atoms with van der Waals surface area (Å²) in [5, 5.41) is 3.69. The third kappa shape index (κ3) is 4.26. The molecule has 1 saturated heterocycles. The summed E-state index contributed by atoms with van der Waals surface area (Å²) in [4.78, 5) is 0. The largest absolute Gasteiger partial charge is 0.375 e. The molecule has 1 heterocycles. The van der Waals surface area contributed by atoms with Gasteiger partial charge in [0.1, 0.15) is 0 Å². The highest BCUT2D eigenvalue weighted by Gasteiger charge is 2.28. The maximum absolute atomic E-state index is 5.96. The summed E-state index contributed by atoms with van der Waals surface area (Å²) < 4.78 is 5.96. The number of rotatable bonds is 5. The summed E-state index contributed by atoms with van der Waals surface area (Å²) >= 11 is 0. The minimum atomic E-state index is 0.512. The minimum absolute atomic E-state index is 0.512. The summed E-state index contributed by atoms with van der Waals surface area (Å²) in [5.41, 5.74) is 0. The van der Waals surface area contributed by atoms with Gasteiger partial charge in [0, 0.05) is 6.04 Å². The van der Waals surface area contributed by atoms with E-state index in [4.69, 9.17) is 4.74 Å². The first kappa shape index (κ1) is 13.4. The topological polar surface area (TPSA) is 21.3 Å². The predicted octanol–water partition coefficient (Wildman–Crippen LogP) is 3.50. The van der Waals surface area contributed by atoms with E-state index in [0.29, 0.717) is 12.2 Å². The zero-order valence-corrected chi connectivity index (χ0v) is 11.6. The van der Waals surface area contributed by atoms with E-state index in [-0.39, 0.29) is 0 Å². The molecule has 4 atom stereocenters. The molecular weight excluding hydrogens is 210 g/mol. The van der Waals surface area contributed by atoms with Crippen molar-refractivity contribution in [1.82, 2.24) is 5.32 Å². The van der Waals surface area contributed by atoms with Gasteiger partial charge in [-0.25, -0.2) is 0 Å². The van der Waals surface area contributed by atoms with Crippen LogP contribution in [0.25, 0.3) is 0 Å². The number of hydrogen-bond donors (Lipinski definition) is 1.